The van der Waals surface area contributed by atoms with Crippen molar-refractivity contribution < 1.29 is 36.0 Å². The van der Waals surface area contributed by atoms with Crippen molar-refractivity contribution in [2.75, 3.05) is 78.9 Å². The second-order valence-electron chi connectivity index (χ2n) is 15.0. The Morgan fingerprint density at radius 1 is 0.426 bits per heavy atom. The van der Waals surface area contributed by atoms with Crippen molar-refractivity contribution >= 4 is 62.7 Å². The van der Waals surface area contributed by atoms with E-state index < -0.39 is 23.0 Å². The Morgan fingerprint density at radius 2 is 0.803 bits per heavy atom. The van der Waals surface area contributed by atoms with Gasteiger partial charge in [-0.05, 0) is 127 Å². The van der Waals surface area contributed by atoms with Gasteiger partial charge in [-0.15, -0.1) is 0 Å². The lowest BCUT2D eigenvalue weighted by Crippen LogP contribution is -2.43. The molecule has 0 heterocycles. The van der Waals surface area contributed by atoms with Gasteiger partial charge in [0, 0.05) is 54.7 Å². The molecule has 0 aliphatic heterocycles. The summed E-state index contributed by atoms with van der Waals surface area (Å²) in [6.07, 6.45) is 1.90. The van der Waals surface area contributed by atoms with Crippen LogP contribution in [0, 0.1) is 0 Å². The van der Waals surface area contributed by atoms with Gasteiger partial charge in [0.1, 0.15) is 11.5 Å². The molecule has 1 aliphatic rings. The zero-order chi connectivity index (χ0) is 42.7. The number of fused-ring (bicyclic) bond motifs is 5. The summed E-state index contributed by atoms with van der Waals surface area (Å²) in [6.45, 7) is 1.32. The van der Waals surface area contributed by atoms with Crippen LogP contribution in [-0.4, -0.2) is 96.5 Å². The molecule has 8 nitrogen and oxygen atoms in total. The van der Waals surface area contributed by atoms with Gasteiger partial charge >= 0.3 is 17.6 Å². The first-order valence-electron chi connectivity index (χ1n) is 20.9. The summed E-state index contributed by atoms with van der Waals surface area (Å²) in [4.78, 5) is 0. The summed E-state index contributed by atoms with van der Waals surface area (Å²) in [5, 5.41) is 4.67. The van der Waals surface area contributed by atoms with E-state index in [9.17, 15) is 0 Å². The summed E-state index contributed by atoms with van der Waals surface area (Å²) < 4.78 is 45.8. The number of ether oxygens (including phenoxy) is 2. The van der Waals surface area contributed by atoms with Crippen LogP contribution in [0.2, 0.25) is 12.1 Å². The lowest BCUT2D eigenvalue weighted by molar-refractivity contribution is 0.125. The monoisotopic (exact) mass is 894 g/mol. The van der Waals surface area contributed by atoms with Gasteiger partial charge in [0.2, 0.25) is 0 Å². The molecule has 322 valence electrons. The van der Waals surface area contributed by atoms with Crippen molar-refractivity contribution in [3.8, 4) is 22.6 Å². The van der Waals surface area contributed by atoms with Crippen LogP contribution in [0.4, 0.5) is 0 Å². The van der Waals surface area contributed by atoms with Crippen molar-refractivity contribution in [3.05, 3.63) is 144 Å². The summed E-state index contributed by atoms with van der Waals surface area (Å²) >= 11 is 3.75. The highest BCUT2D eigenvalue weighted by atomic mass is 32.2. The zero-order valence-electron chi connectivity index (χ0n) is 36.2. The SMILES string of the molecule is CO[Si](CCSCCCOc1ccc2cc(C3(c4ccc5cc(OCCCSCC[Si](OC)(OC)OC)ccc5c4)c4ccccc4-c4ccccc43)ccc2c1)(OC)OC. The second kappa shape index (κ2) is 21.1. The van der Waals surface area contributed by atoms with Crippen LogP contribution >= 0.6 is 23.5 Å². The summed E-state index contributed by atoms with van der Waals surface area (Å²) in [6, 6.07) is 46.2. The topological polar surface area (TPSA) is 73.8 Å². The smallest absolute Gasteiger partial charge is 0.494 e. The quantitative estimate of drug-likeness (QED) is 0.0432. The molecule has 7 rings (SSSR count). The van der Waals surface area contributed by atoms with E-state index in [-0.39, 0.29) is 0 Å². The first kappa shape index (κ1) is 45.4. The summed E-state index contributed by atoms with van der Waals surface area (Å²) in [5.41, 5.74) is 7.11. The Bertz CT molecular complexity index is 2190. The Balaban J connectivity index is 1.08. The molecule has 0 saturated heterocycles. The van der Waals surface area contributed by atoms with Crippen molar-refractivity contribution in [1.82, 2.24) is 0 Å². The molecular weight excluding hydrogens is 837 g/mol. The van der Waals surface area contributed by atoms with Crippen molar-refractivity contribution in [3.63, 3.8) is 0 Å². The van der Waals surface area contributed by atoms with Crippen LogP contribution < -0.4 is 9.47 Å². The zero-order valence-corrected chi connectivity index (χ0v) is 39.8. The Labute approximate surface area is 372 Å². The standard InChI is InChI=1S/C49H58O8S2Si2/c1-50-60(51-2,52-3)31-29-58-27-11-25-56-43-23-19-37-33-41(21-17-39(37)35-43)49(47-15-9-7-13-45(47)46-14-8-10-16-48(46)49)42-22-18-40-36-44(24-20-38(40)34-42)57-26-12-28-59-30-32-61(53-4,54-5)55-6/h7-10,13-24,33-36H,11-12,25-32H2,1-6H3. The molecule has 12 heteroatoms. The Morgan fingerprint density at radius 3 is 1.21 bits per heavy atom. The second-order valence-corrected chi connectivity index (χ2v) is 23.6. The minimum absolute atomic E-state index is 0.509. The molecule has 0 bridgehead atoms. The molecule has 0 unspecified atom stereocenters. The molecular formula is C49H58O8S2Si2. The van der Waals surface area contributed by atoms with E-state index in [0.29, 0.717) is 13.2 Å². The average molecular weight is 895 g/mol. The first-order valence-corrected chi connectivity index (χ1v) is 27.1. The number of thioether (sulfide) groups is 2. The fourth-order valence-corrected chi connectivity index (χ4v) is 15.0. The third-order valence-electron chi connectivity index (χ3n) is 11.8. The highest BCUT2D eigenvalue weighted by Gasteiger charge is 2.46. The minimum Gasteiger partial charge on any atom is -0.494 e. The molecule has 0 radical (unpaired) electrons. The average Bonchev–Trinajstić information content (AvgIpc) is 3.62. The predicted octanol–water partition coefficient (Wildman–Crippen LogP) is 11.1. The number of rotatable bonds is 24. The minimum atomic E-state index is -2.53. The highest BCUT2D eigenvalue weighted by Crippen LogP contribution is 2.56. The van der Waals surface area contributed by atoms with Gasteiger partial charge in [0.15, 0.2) is 0 Å². The van der Waals surface area contributed by atoms with Gasteiger partial charge in [0.25, 0.3) is 0 Å². The predicted molar refractivity (Wildman–Crippen MR) is 257 cm³/mol. The molecule has 0 N–H and O–H groups in total. The number of hydrogen-bond acceptors (Lipinski definition) is 10. The fourth-order valence-electron chi connectivity index (χ4n) is 8.53. The molecule has 0 fully saturated rings. The maximum Gasteiger partial charge on any atom is 0.500 e. The lowest BCUT2D eigenvalue weighted by atomic mass is 9.67. The lowest BCUT2D eigenvalue weighted by Gasteiger charge is -2.34. The third kappa shape index (κ3) is 9.79. The Hall–Kier alpha value is -3.67. The van der Waals surface area contributed by atoms with E-state index in [4.69, 9.17) is 36.0 Å². The fraction of sp³-hybridized carbons (Fsp3) is 0.347. The maximum atomic E-state index is 6.25. The summed E-state index contributed by atoms with van der Waals surface area (Å²) in [5.74, 6) is 5.62. The van der Waals surface area contributed by atoms with Crippen LogP contribution in [0.5, 0.6) is 11.5 Å². The molecule has 1 aliphatic carbocycles. The molecule has 61 heavy (non-hydrogen) atoms. The third-order valence-corrected chi connectivity index (χ3v) is 20.1. The van der Waals surface area contributed by atoms with Crippen LogP contribution in [0.3, 0.4) is 0 Å². The van der Waals surface area contributed by atoms with Gasteiger partial charge in [-0.25, -0.2) is 0 Å². The molecule has 0 aromatic heterocycles. The molecule has 6 aromatic carbocycles. The van der Waals surface area contributed by atoms with Gasteiger partial charge in [-0.2, -0.15) is 23.5 Å². The molecule has 0 spiro atoms. The summed E-state index contributed by atoms with van der Waals surface area (Å²) in [7, 11) is 4.93. The van der Waals surface area contributed by atoms with Gasteiger partial charge in [0.05, 0.1) is 18.6 Å². The van der Waals surface area contributed by atoms with Gasteiger partial charge < -0.3 is 36.0 Å². The van der Waals surface area contributed by atoms with E-state index in [1.807, 2.05) is 23.5 Å². The van der Waals surface area contributed by atoms with Crippen LogP contribution in [0.15, 0.2) is 121 Å². The largest absolute Gasteiger partial charge is 0.500 e. The maximum absolute atomic E-state index is 6.25. The number of hydrogen-bond donors (Lipinski definition) is 0. The van der Waals surface area contributed by atoms with Crippen LogP contribution in [0.1, 0.15) is 35.1 Å². The molecule has 0 amide bonds. The first-order chi connectivity index (χ1) is 29.9. The molecule has 6 aromatic rings. The van der Waals surface area contributed by atoms with E-state index in [1.165, 1.54) is 44.2 Å². The van der Waals surface area contributed by atoms with E-state index in [1.54, 1.807) is 42.7 Å². The van der Waals surface area contributed by atoms with Crippen LogP contribution in [-0.2, 0) is 32.0 Å². The highest BCUT2D eigenvalue weighted by molar-refractivity contribution is 7.99. The van der Waals surface area contributed by atoms with Crippen LogP contribution in [0.25, 0.3) is 32.7 Å². The van der Waals surface area contributed by atoms with Crippen molar-refractivity contribution in [2.45, 2.75) is 30.3 Å². The molecule has 0 saturated carbocycles. The number of benzene rings is 6. The molecule has 0 atom stereocenters. The van der Waals surface area contributed by atoms with Gasteiger partial charge in [-0.3, -0.25) is 0 Å². The van der Waals surface area contributed by atoms with Gasteiger partial charge in [-0.1, -0.05) is 84.9 Å². The normalized spacial score (nSPS) is 13.4. The van der Waals surface area contributed by atoms with Crippen molar-refractivity contribution in [1.29, 1.82) is 0 Å². The van der Waals surface area contributed by atoms with Crippen molar-refractivity contribution in [2.24, 2.45) is 0 Å². The van der Waals surface area contributed by atoms with E-state index >= 15 is 0 Å². The van der Waals surface area contributed by atoms with E-state index in [0.717, 1.165) is 70.2 Å². The van der Waals surface area contributed by atoms with E-state index in [2.05, 4.69) is 121 Å². The Kier molecular flexibility index (Phi) is 15.7.